The van der Waals surface area contributed by atoms with E-state index < -0.39 is 25.8 Å². The Morgan fingerprint density at radius 2 is 1.52 bits per heavy atom. The van der Waals surface area contributed by atoms with Gasteiger partial charge in [-0.2, -0.15) is 0 Å². The molecule has 1 N–H and O–H groups in total. The molecule has 0 heterocycles. The first-order valence-electron chi connectivity index (χ1n) is 8.86. The Kier molecular flexibility index (Phi) is 6.81. The highest BCUT2D eigenvalue weighted by Gasteiger charge is 2.32. The third kappa shape index (κ3) is 5.29. The fourth-order valence-electron chi connectivity index (χ4n) is 2.83. The molecule has 2 atom stereocenters. The third-order valence-corrected chi connectivity index (χ3v) is 7.19. The van der Waals surface area contributed by atoms with Crippen LogP contribution in [0.2, 0.25) is 0 Å². The highest BCUT2D eigenvalue weighted by atomic mass is 127. The van der Waals surface area contributed by atoms with E-state index in [0.717, 1.165) is 5.56 Å². The van der Waals surface area contributed by atoms with E-state index in [1.807, 2.05) is 29.5 Å². The molecule has 0 saturated carbocycles. The summed E-state index contributed by atoms with van der Waals surface area (Å²) in [5, 5.41) is 0. The Bertz CT molecular complexity index is 1090. The van der Waals surface area contributed by atoms with Gasteiger partial charge in [-0.05, 0) is 36.8 Å². The summed E-state index contributed by atoms with van der Waals surface area (Å²) in [6.07, 6.45) is 0. The number of Topliss-reactive ketones (excluding diaryl/α,β-unsaturated/α-hetero) is 1. The lowest BCUT2D eigenvalue weighted by Crippen LogP contribution is -2.37. The van der Waals surface area contributed by atoms with Gasteiger partial charge in [-0.3, -0.25) is 4.79 Å². The molecular weight excluding hydrogens is 504 g/mol. The molecule has 0 aliphatic carbocycles. The first-order valence-corrected chi connectivity index (χ1v) is 11.6. The summed E-state index contributed by atoms with van der Waals surface area (Å²) in [6.45, 7) is 1.87. The van der Waals surface area contributed by atoms with Crippen molar-refractivity contribution in [3.63, 3.8) is 0 Å². The van der Waals surface area contributed by atoms with Crippen LogP contribution < -0.4 is 4.72 Å². The van der Waals surface area contributed by atoms with Crippen molar-refractivity contribution in [1.29, 1.82) is 0 Å². The number of carbonyl (C=O) groups is 1. The van der Waals surface area contributed by atoms with Crippen molar-refractivity contribution in [2.24, 2.45) is 0 Å². The number of hydrogen-bond donors (Lipinski definition) is 1. The number of alkyl halides is 1. The van der Waals surface area contributed by atoms with Gasteiger partial charge in [0, 0.05) is 5.56 Å². The molecule has 7 heteroatoms. The summed E-state index contributed by atoms with van der Waals surface area (Å²) < 4.78 is 41.2. The standard InChI is InChI=1S/C22H19FINO3S/c1-15-7-13-19(14-8-15)29(27,28)25-21(16-9-11-18(23)12-10-16)20(24)22(26)17-5-3-2-4-6-17/h2-14,20-21,25H,1H3/t20-,21-/m1/s1. The van der Waals surface area contributed by atoms with Crippen LogP contribution in [0.1, 0.15) is 27.5 Å². The zero-order valence-corrected chi connectivity index (χ0v) is 18.5. The Hall–Kier alpha value is -2.10. The van der Waals surface area contributed by atoms with E-state index in [4.69, 9.17) is 0 Å². The van der Waals surface area contributed by atoms with Crippen LogP contribution in [0.3, 0.4) is 0 Å². The smallest absolute Gasteiger partial charge is 0.241 e. The van der Waals surface area contributed by atoms with Gasteiger partial charge in [0.2, 0.25) is 10.0 Å². The average molecular weight is 523 g/mol. The van der Waals surface area contributed by atoms with Crippen LogP contribution in [0, 0.1) is 12.7 Å². The number of rotatable bonds is 7. The second kappa shape index (κ2) is 9.15. The number of sulfonamides is 1. The molecule has 3 aromatic carbocycles. The van der Waals surface area contributed by atoms with Gasteiger partial charge in [-0.15, -0.1) is 0 Å². The van der Waals surface area contributed by atoms with Crippen molar-refractivity contribution >= 4 is 38.4 Å². The fourth-order valence-corrected chi connectivity index (χ4v) is 5.27. The summed E-state index contributed by atoms with van der Waals surface area (Å²) in [5.74, 6) is -0.652. The lowest BCUT2D eigenvalue weighted by atomic mass is 9.98. The SMILES string of the molecule is Cc1ccc(S(=O)(=O)N[C@H](c2ccc(F)cc2)[C@@H](I)C(=O)c2ccccc2)cc1. The highest BCUT2D eigenvalue weighted by molar-refractivity contribution is 14.1. The van der Waals surface area contributed by atoms with Gasteiger partial charge in [0.25, 0.3) is 0 Å². The molecule has 0 aliphatic rings. The maximum absolute atomic E-state index is 13.4. The molecule has 0 aliphatic heterocycles. The van der Waals surface area contributed by atoms with Gasteiger partial charge < -0.3 is 0 Å². The molecule has 0 unspecified atom stereocenters. The normalized spacial score (nSPS) is 13.6. The van der Waals surface area contributed by atoms with Crippen LogP contribution >= 0.6 is 22.6 Å². The van der Waals surface area contributed by atoms with Gasteiger partial charge in [0.05, 0.1) is 14.9 Å². The molecule has 29 heavy (non-hydrogen) atoms. The minimum atomic E-state index is -3.90. The third-order valence-electron chi connectivity index (χ3n) is 4.44. The molecule has 0 saturated heterocycles. The average Bonchev–Trinajstić information content (AvgIpc) is 2.73. The maximum atomic E-state index is 13.4. The molecule has 0 spiro atoms. The van der Waals surface area contributed by atoms with E-state index in [-0.39, 0.29) is 10.7 Å². The van der Waals surface area contributed by atoms with Gasteiger partial charge in [-0.25, -0.2) is 17.5 Å². The van der Waals surface area contributed by atoms with Crippen molar-refractivity contribution in [3.8, 4) is 0 Å². The van der Waals surface area contributed by atoms with Crippen LogP contribution in [0.15, 0.2) is 83.8 Å². The zero-order valence-electron chi connectivity index (χ0n) is 15.5. The quantitative estimate of drug-likeness (QED) is 0.274. The van der Waals surface area contributed by atoms with Gasteiger partial charge in [0.15, 0.2) is 5.78 Å². The fraction of sp³-hybridized carbons (Fsp3) is 0.136. The lowest BCUT2D eigenvalue weighted by molar-refractivity contribution is 0.0985. The first-order chi connectivity index (χ1) is 13.8. The number of ketones is 1. The van der Waals surface area contributed by atoms with Crippen molar-refractivity contribution in [3.05, 3.63) is 101 Å². The monoisotopic (exact) mass is 523 g/mol. The largest absolute Gasteiger partial charge is 0.293 e. The summed E-state index contributed by atoms with van der Waals surface area (Å²) in [7, 11) is -3.90. The van der Waals surface area contributed by atoms with Crippen molar-refractivity contribution in [2.75, 3.05) is 0 Å². The molecule has 0 radical (unpaired) electrons. The van der Waals surface area contributed by atoms with E-state index >= 15 is 0 Å². The van der Waals surface area contributed by atoms with Crippen LogP contribution in [0.25, 0.3) is 0 Å². The summed E-state index contributed by atoms with van der Waals surface area (Å²) in [5.41, 5.74) is 1.92. The minimum Gasteiger partial charge on any atom is -0.293 e. The van der Waals surface area contributed by atoms with E-state index in [9.17, 15) is 17.6 Å². The van der Waals surface area contributed by atoms with Gasteiger partial charge in [0.1, 0.15) is 5.82 Å². The maximum Gasteiger partial charge on any atom is 0.241 e. The zero-order chi connectivity index (χ0) is 21.0. The first kappa shape index (κ1) is 21.6. The topological polar surface area (TPSA) is 63.2 Å². The molecule has 3 rings (SSSR count). The lowest BCUT2D eigenvalue weighted by Gasteiger charge is -2.24. The second-order valence-electron chi connectivity index (χ2n) is 6.60. The molecule has 0 aromatic heterocycles. The van der Waals surface area contributed by atoms with Crippen LogP contribution in [-0.4, -0.2) is 18.1 Å². The molecule has 4 nitrogen and oxygen atoms in total. The van der Waals surface area contributed by atoms with E-state index in [0.29, 0.717) is 11.1 Å². The Morgan fingerprint density at radius 3 is 2.10 bits per heavy atom. The second-order valence-corrected chi connectivity index (χ2v) is 9.65. The van der Waals surface area contributed by atoms with Crippen LogP contribution in [0.5, 0.6) is 0 Å². The summed E-state index contributed by atoms with van der Waals surface area (Å²) >= 11 is 1.94. The molecule has 3 aromatic rings. The number of nitrogens with one attached hydrogen (secondary N) is 1. The summed E-state index contributed by atoms with van der Waals surface area (Å²) in [6, 6.07) is 19.7. The van der Waals surface area contributed by atoms with Gasteiger partial charge >= 0.3 is 0 Å². The molecule has 0 bridgehead atoms. The van der Waals surface area contributed by atoms with Crippen LogP contribution in [0.4, 0.5) is 4.39 Å². The van der Waals surface area contributed by atoms with E-state index in [2.05, 4.69) is 4.72 Å². The molecule has 150 valence electrons. The molecule has 0 fully saturated rings. The van der Waals surface area contributed by atoms with Gasteiger partial charge in [-0.1, -0.05) is 82.8 Å². The highest BCUT2D eigenvalue weighted by Crippen LogP contribution is 2.28. The number of hydrogen-bond acceptors (Lipinski definition) is 3. The number of aryl methyl sites for hydroxylation is 1. The molecule has 0 amide bonds. The Balaban J connectivity index is 1.98. The van der Waals surface area contributed by atoms with Crippen molar-refractivity contribution in [2.45, 2.75) is 21.8 Å². The summed E-state index contributed by atoms with van der Waals surface area (Å²) in [4.78, 5) is 13.1. The van der Waals surface area contributed by atoms with E-state index in [1.165, 1.54) is 36.4 Å². The van der Waals surface area contributed by atoms with Crippen LogP contribution in [-0.2, 0) is 10.0 Å². The number of benzene rings is 3. The molecular formula is C22H19FINO3S. The minimum absolute atomic E-state index is 0.103. The van der Waals surface area contributed by atoms with Crippen molar-refractivity contribution in [1.82, 2.24) is 4.72 Å². The number of carbonyl (C=O) groups excluding carboxylic acids is 1. The van der Waals surface area contributed by atoms with Crippen molar-refractivity contribution < 1.29 is 17.6 Å². The Labute approximate surface area is 183 Å². The number of halogens is 2. The predicted molar refractivity (Wildman–Crippen MR) is 119 cm³/mol. The van der Waals surface area contributed by atoms with E-state index in [1.54, 1.807) is 42.5 Å². The Morgan fingerprint density at radius 1 is 0.931 bits per heavy atom. The predicted octanol–water partition coefficient (Wildman–Crippen LogP) is 4.84.